The van der Waals surface area contributed by atoms with Gasteiger partial charge in [-0.2, -0.15) is 0 Å². The number of nitrogens with one attached hydrogen (secondary N) is 1. The summed E-state index contributed by atoms with van der Waals surface area (Å²) >= 11 is 0. The van der Waals surface area contributed by atoms with Crippen LogP contribution >= 0.6 is 0 Å². The first kappa shape index (κ1) is 20.0. The number of hydrogen-bond donors (Lipinski definition) is 3. The number of hydrogen-bond acceptors (Lipinski definition) is 5. The van der Waals surface area contributed by atoms with E-state index in [1.54, 1.807) is 31.2 Å². The molecule has 0 aromatic heterocycles. The molecule has 1 heterocycles. The van der Waals surface area contributed by atoms with Gasteiger partial charge in [-0.25, -0.2) is 9.79 Å². The number of carboxylic acids is 1. The summed E-state index contributed by atoms with van der Waals surface area (Å²) in [5.74, 6) is -0.840. The van der Waals surface area contributed by atoms with E-state index in [1.165, 1.54) is 6.34 Å². The normalized spacial score (nSPS) is 17.0. The molecular formula is C24H20N4O3. The van der Waals surface area contributed by atoms with Gasteiger partial charge in [-0.15, -0.1) is 0 Å². The fourth-order valence-corrected chi connectivity index (χ4v) is 3.55. The van der Waals surface area contributed by atoms with Crippen molar-refractivity contribution in [1.29, 1.82) is 0 Å². The van der Waals surface area contributed by atoms with Crippen molar-refractivity contribution in [2.45, 2.75) is 13.0 Å². The van der Waals surface area contributed by atoms with Crippen LogP contribution in [0.5, 0.6) is 0 Å². The predicted octanol–water partition coefficient (Wildman–Crippen LogP) is 3.52. The summed E-state index contributed by atoms with van der Waals surface area (Å²) in [6.45, 7) is 5.29. The van der Waals surface area contributed by atoms with E-state index in [0.717, 1.165) is 27.8 Å². The molecule has 0 bridgehead atoms. The van der Waals surface area contributed by atoms with E-state index in [1.807, 2.05) is 30.3 Å². The van der Waals surface area contributed by atoms with Crippen LogP contribution in [0.4, 0.5) is 5.69 Å². The number of rotatable bonds is 5. The van der Waals surface area contributed by atoms with Crippen LogP contribution in [-0.2, 0) is 4.79 Å². The van der Waals surface area contributed by atoms with Crippen LogP contribution in [0.1, 0.15) is 28.4 Å². The summed E-state index contributed by atoms with van der Waals surface area (Å²) in [4.78, 5) is 31.7. The third kappa shape index (κ3) is 3.81. The monoisotopic (exact) mass is 412 g/mol. The maximum absolute atomic E-state index is 11.9. The number of carbonyl (C=O) groups excluding carboxylic acids is 1. The number of allylic oxidation sites excluding steroid dienone is 2. The minimum Gasteiger partial charge on any atom is -0.478 e. The van der Waals surface area contributed by atoms with Crippen LogP contribution in [0.2, 0.25) is 0 Å². The molecule has 1 atom stereocenters. The van der Waals surface area contributed by atoms with Gasteiger partial charge < -0.3 is 16.2 Å². The molecule has 154 valence electrons. The Morgan fingerprint density at radius 1 is 1.06 bits per heavy atom. The van der Waals surface area contributed by atoms with E-state index in [0.29, 0.717) is 17.1 Å². The number of amidine groups is 1. The number of nitrogens with two attached hydrogens (primary N) is 1. The molecule has 4 N–H and O–H groups in total. The van der Waals surface area contributed by atoms with Gasteiger partial charge in [0, 0.05) is 16.8 Å². The van der Waals surface area contributed by atoms with E-state index >= 15 is 0 Å². The average molecular weight is 412 g/mol. The van der Waals surface area contributed by atoms with Gasteiger partial charge in [0.25, 0.3) is 5.91 Å². The summed E-state index contributed by atoms with van der Waals surface area (Å²) in [5, 5.41) is 12.0. The molecule has 4 rings (SSSR count). The Hall–Kier alpha value is -4.26. The Bertz CT molecular complexity index is 1220. The molecule has 0 spiro atoms. The topological polar surface area (TPSA) is 117 Å². The standard InChI is InChI=1S/C24H20N4O3/c1-13(2)23(29)28-17-9-7-14(8-10-17)18-11-19-21(22(25)27-12-26-19)20(18)15-3-5-16(6-4-15)24(30)31/h3-12,19H,1H2,2H3,(H,28,29)(H,30,31)(H2,25,26,27). The lowest BCUT2D eigenvalue weighted by Crippen LogP contribution is -2.24. The molecule has 0 saturated carbocycles. The number of benzene rings is 2. The van der Waals surface area contributed by atoms with Crippen LogP contribution in [0.3, 0.4) is 0 Å². The van der Waals surface area contributed by atoms with Crippen molar-refractivity contribution in [3.63, 3.8) is 0 Å². The van der Waals surface area contributed by atoms with Gasteiger partial charge in [0.1, 0.15) is 12.2 Å². The van der Waals surface area contributed by atoms with Crippen molar-refractivity contribution in [1.82, 2.24) is 0 Å². The van der Waals surface area contributed by atoms with Crippen LogP contribution in [0, 0.1) is 0 Å². The SMILES string of the molecule is C=C(C)C(=O)Nc1ccc(C2=CC3N=CN=C(N)C3=C2c2ccc(C(=O)O)cc2)cc1. The maximum Gasteiger partial charge on any atom is 0.335 e. The molecule has 0 fully saturated rings. The number of aliphatic imine (C=N–C) groups is 2. The van der Waals surface area contributed by atoms with Crippen LogP contribution < -0.4 is 11.1 Å². The molecular weight excluding hydrogens is 392 g/mol. The minimum atomic E-state index is -0.986. The summed E-state index contributed by atoms with van der Waals surface area (Å²) in [5.41, 5.74) is 11.8. The number of anilines is 1. The second-order valence-corrected chi connectivity index (χ2v) is 7.29. The van der Waals surface area contributed by atoms with E-state index in [-0.39, 0.29) is 17.5 Å². The lowest BCUT2D eigenvalue weighted by atomic mass is 9.91. The molecule has 1 amide bonds. The molecule has 1 unspecified atom stereocenters. The molecule has 1 aliphatic heterocycles. The maximum atomic E-state index is 11.9. The Labute approximate surface area is 179 Å². The first-order chi connectivity index (χ1) is 14.8. The Morgan fingerprint density at radius 3 is 2.32 bits per heavy atom. The first-order valence-electron chi connectivity index (χ1n) is 9.58. The van der Waals surface area contributed by atoms with E-state index in [2.05, 4.69) is 21.9 Å². The van der Waals surface area contributed by atoms with Crippen molar-refractivity contribution in [3.8, 4) is 0 Å². The molecule has 7 nitrogen and oxygen atoms in total. The smallest absolute Gasteiger partial charge is 0.335 e. The van der Waals surface area contributed by atoms with Crippen LogP contribution in [-0.4, -0.2) is 35.2 Å². The summed E-state index contributed by atoms with van der Waals surface area (Å²) < 4.78 is 0. The van der Waals surface area contributed by atoms with Gasteiger partial charge in [-0.05, 0) is 59.5 Å². The highest BCUT2D eigenvalue weighted by Gasteiger charge is 2.31. The van der Waals surface area contributed by atoms with Gasteiger partial charge in [0.2, 0.25) is 0 Å². The van der Waals surface area contributed by atoms with Crippen LogP contribution in [0.15, 0.2) is 82.3 Å². The fraction of sp³-hybridized carbons (Fsp3) is 0.0833. The fourth-order valence-electron chi connectivity index (χ4n) is 3.55. The van der Waals surface area contributed by atoms with Gasteiger partial charge in [-0.3, -0.25) is 9.79 Å². The third-order valence-corrected chi connectivity index (χ3v) is 5.12. The lowest BCUT2D eigenvalue weighted by molar-refractivity contribution is -0.112. The van der Waals surface area contributed by atoms with Crippen molar-refractivity contribution in [2.75, 3.05) is 5.32 Å². The molecule has 7 heteroatoms. The van der Waals surface area contributed by atoms with Gasteiger partial charge >= 0.3 is 5.97 Å². The molecule has 2 aliphatic rings. The Balaban J connectivity index is 1.75. The summed E-state index contributed by atoms with van der Waals surface area (Å²) in [6, 6.07) is 13.8. The second kappa shape index (κ2) is 7.87. The Morgan fingerprint density at radius 2 is 1.71 bits per heavy atom. The highest BCUT2D eigenvalue weighted by Crippen LogP contribution is 2.42. The average Bonchev–Trinajstić information content (AvgIpc) is 3.15. The first-order valence-corrected chi connectivity index (χ1v) is 9.58. The minimum absolute atomic E-state index is 0.204. The number of carbonyl (C=O) groups is 2. The zero-order chi connectivity index (χ0) is 22.1. The summed E-state index contributed by atoms with van der Waals surface area (Å²) in [7, 11) is 0. The van der Waals surface area contributed by atoms with E-state index < -0.39 is 5.97 Å². The molecule has 0 saturated heterocycles. The molecule has 31 heavy (non-hydrogen) atoms. The predicted molar refractivity (Wildman–Crippen MR) is 122 cm³/mol. The number of amides is 1. The lowest BCUT2D eigenvalue weighted by Gasteiger charge is -2.16. The summed E-state index contributed by atoms with van der Waals surface area (Å²) in [6.07, 6.45) is 3.46. The van der Waals surface area contributed by atoms with Crippen molar-refractivity contribution in [3.05, 3.63) is 89.0 Å². The van der Waals surface area contributed by atoms with Gasteiger partial charge in [0.15, 0.2) is 0 Å². The van der Waals surface area contributed by atoms with Crippen molar-refractivity contribution < 1.29 is 14.7 Å². The van der Waals surface area contributed by atoms with Gasteiger partial charge in [-0.1, -0.05) is 30.8 Å². The third-order valence-electron chi connectivity index (χ3n) is 5.12. The second-order valence-electron chi connectivity index (χ2n) is 7.29. The number of nitrogens with zero attached hydrogens (tertiary/aromatic N) is 2. The van der Waals surface area contributed by atoms with Crippen molar-refractivity contribution >= 4 is 40.9 Å². The van der Waals surface area contributed by atoms with Crippen LogP contribution in [0.25, 0.3) is 11.1 Å². The Kier molecular flexibility index (Phi) is 5.09. The highest BCUT2D eigenvalue weighted by atomic mass is 16.4. The molecule has 2 aromatic rings. The number of aromatic carboxylic acids is 1. The van der Waals surface area contributed by atoms with E-state index in [4.69, 9.17) is 5.73 Å². The highest BCUT2D eigenvalue weighted by molar-refractivity contribution is 6.22. The van der Waals surface area contributed by atoms with Gasteiger partial charge in [0.05, 0.1) is 11.6 Å². The largest absolute Gasteiger partial charge is 0.478 e. The van der Waals surface area contributed by atoms with Crippen molar-refractivity contribution in [2.24, 2.45) is 15.7 Å². The van der Waals surface area contributed by atoms with E-state index in [9.17, 15) is 14.7 Å². The molecule has 1 aliphatic carbocycles. The molecule has 0 radical (unpaired) electrons. The number of fused-ring (bicyclic) bond motifs is 1. The zero-order valence-electron chi connectivity index (χ0n) is 16.8. The molecule has 2 aromatic carbocycles. The quantitative estimate of drug-likeness (QED) is 0.651. The zero-order valence-corrected chi connectivity index (χ0v) is 16.8. The number of carboxylic acid groups (broad SMARTS) is 1.